The summed E-state index contributed by atoms with van der Waals surface area (Å²) in [6, 6.07) is 13.3. The summed E-state index contributed by atoms with van der Waals surface area (Å²) in [6.45, 7) is 9.15. The Morgan fingerprint density at radius 2 is 1.62 bits per heavy atom. The van der Waals surface area contributed by atoms with Crippen molar-refractivity contribution in [3.63, 3.8) is 0 Å². The molecule has 4 rings (SSSR count). The Kier molecular flexibility index (Phi) is 4.71. The highest BCUT2D eigenvalue weighted by molar-refractivity contribution is 8.01. The third-order valence-corrected chi connectivity index (χ3v) is 7.65. The first kappa shape index (κ1) is 18.2. The van der Waals surface area contributed by atoms with Gasteiger partial charge in [0.25, 0.3) is 0 Å². The molecule has 0 radical (unpaired) electrons. The molecule has 0 bridgehead atoms. The second-order valence-electron chi connectivity index (χ2n) is 7.86. The van der Waals surface area contributed by atoms with Crippen molar-refractivity contribution in [1.82, 2.24) is 4.90 Å². The van der Waals surface area contributed by atoms with E-state index in [1.54, 1.807) is 11.1 Å². The van der Waals surface area contributed by atoms with Gasteiger partial charge >= 0.3 is 0 Å². The minimum absolute atomic E-state index is 0.0433. The van der Waals surface area contributed by atoms with E-state index in [2.05, 4.69) is 57.0 Å². The lowest BCUT2D eigenvalue weighted by molar-refractivity contribution is 0.312. The lowest BCUT2D eigenvalue weighted by atomic mass is 9.81. The molecule has 0 aromatic heterocycles. The molecule has 136 valence electrons. The molecule has 26 heavy (non-hydrogen) atoms. The summed E-state index contributed by atoms with van der Waals surface area (Å²) in [5.74, 6) is 0. The normalized spacial score (nSPS) is 23.4. The first-order valence-corrected chi connectivity index (χ1v) is 10.6. The van der Waals surface area contributed by atoms with Gasteiger partial charge in [0, 0.05) is 23.0 Å². The fourth-order valence-corrected chi connectivity index (χ4v) is 5.92. The van der Waals surface area contributed by atoms with E-state index in [0.29, 0.717) is 0 Å². The quantitative estimate of drug-likeness (QED) is 0.556. The number of rotatable bonds is 1. The Bertz CT molecular complexity index is 874. The number of fused-ring (bicyclic) bond motifs is 1. The summed E-state index contributed by atoms with van der Waals surface area (Å²) in [7, 11) is 2.23. The van der Waals surface area contributed by atoms with Crippen LogP contribution in [0.5, 0.6) is 0 Å². The summed E-state index contributed by atoms with van der Waals surface area (Å²) in [5, 5.41) is 0.804. The molecule has 2 aliphatic rings. The number of hydrogen-bond acceptors (Lipinski definition) is 2. The van der Waals surface area contributed by atoms with Gasteiger partial charge in [0.2, 0.25) is 0 Å². The van der Waals surface area contributed by atoms with Gasteiger partial charge in [0.15, 0.2) is 0 Å². The van der Waals surface area contributed by atoms with E-state index in [0.717, 1.165) is 18.1 Å². The van der Waals surface area contributed by atoms with Crippen LogP contribution in [0.2, 0.25) is 5.02 Å². The van der Waals surface area contributed by atoms with Gasteiger partial charge in [-0.15, -0.1) is 11.8 Å². The summed E-state index contributed by atoms with van der Waals surface area (Å²) in [6.07, 6.45) is 2.34. The van der Waals surface area contributed by atoms with E-state index < -0.39 is 0 Å². The molecule has 3 heteroatoms. The van der Waals surface area contributed by atoms with Gasteiger partial charge in [0.05, 0.1) is 4.75 Å². The topological polar surface area (TPSA) is 3.24 Å². The number of thioether (sulfide) groups is 1. The molecule has 1 saturated heterocycles. The molecule has 2 aromatic carbocycles. The fourth-order valence-electron chi connectivity index (χ4n) is 4.23. The molecular formula is C23H26ClNS. The van der Waals surface area contributed by atoms with Crippen molar-refractivity contribution in [2.75, 3.05) is 20.1 Å². The Morgan fingerprint density at radius 3 is 2.27 bits per heavy atom. The third kappa shape index (κ3) is 3.02. The zero-order valence-electron chi connectivity index (χ0n) is 16.0. The summed E-state index contributed by atoms with van der Waals surface area (Å²) in [4.78, 5) is 3.86. The smallest absolute Gasteiger partial charge is 0.0681 e. The minimum Gasteiger partial charge on any atom is -0.306 e. The van der Waals surface area contributed by atoms with E-state index in [1.165, 1.54) is 40.0 Å². The number of likely N-dealkylation sites (tertiary alicyclic amines) is 1. The first-order valence-electron chi connectivity index (χ1n) is 9.36. The highest BCUT2D eigenvalue weighted by Crippen LogP contribution is 2.60. The van der Waals surface area contributed by atoms with Crippen molar-refractivity contribution in [2.24, 2.45) is 0 Å². The van der Waals surface area contributed by atoms with Crippen molar-refractivity contribution in [3.05, 3.63) is 69.2 Å². The van der Waals surface area contributed by atoms with Gasteiger partial charge in [-0.05, 0) is 86.7 Å². The van der Waals surface area contributed by atoms with E-state index in [9.17, 15) is 0 Å². The molecule has 0 spiro atoms. The summed E-state index contributed by atoms with van der Waals surface area (Å²) in [5.41, 5.74) is 8.75. The molecule has 0 amide bonds. The van der Waals surface area contributed by atoms with Crippen molar-refractivity contribution >= 4 is 28.9 Å². The number of aryl methyl sites for hydroxylation is 2. The van der Waals surface area contributed by atoms with Crippen molar-refractivity contribution < 1.29 is 0 Å². The minimum atomic E-state index is -0.0433. The number of benzene rings is 2. The molecule has 2 heterocycles. The molecular weight excluding hydrogens is 358 g/mol. The van der Waals surface area contributed by atoms with Crippen LogP contribution in [0.15, 0.2) is 46.9 Å². The molecule has 2 aromatic rings. The number of halogens is 1. The second-order valence-corrected chi connectivity index (χ2v) is 9.75. The van der Waals surface area contributed by atoms with Gasteiger partial charge in [0.1, 0.15) is 0 Å². The van der Waals surface area contributed by atoms with E-state index in [4.69, 9.17) is 11.6 Å². The van der Waals surface area contributed by atoms with Gasteiger partial charge in [-0.3, -0.25) is 0 Å². The highest BCUT2D eigenvalue weighted by Gasteiger charge is 2.42. The van der Waals surface area contributed by atoms with E-state index >= 15 is 0 Å². The maximum Gasteiger partial charge on any atom is 0.0681 e. The first-order chi connectivity index (χ1) is 12.4. The van der Waals surface area contributed by atoms with Crippen LogP contribution in [0.1, 0.15) is 42.0 Å². The SMILES string of the molecule is Cc1cc2c(cc1C)C(=C1CCN(C)CC1)C(C)(c1ccc(Cl)cc1)S2. The van der Waals surface area contributed by atoms with Crippen molar-refractivity contribution in [1.29, 1.82) is 0 Å². The lowest BCUT2D eigenvalue weighted by Crippen LogP contribution is -2.28. The van der Waals surface area contributed by atoms with E-state index in [1.807, 2.05) is 23.9 Å². The average Bonchev–Trinajstić information content (AvgIpc) is 2.89. The molecule has 0 saturated carbocycles. The standard InChI is InChI=1S/C23H26ClNS/c1-15-13-20-21(14-16(15)2)26-23(3,18-5-7-19(24)8-6-18)22(20)17-9-11-25(4)12-10-17/h5-8,13-14H,9-12H2,1-4H3. The van der Waals surface area contributed by atoms with Crippen LogP contribution in [0.3, 0.4) is 0 Å². The maximum atomic E-state index is 6.17. The average molecular weight is 384 g/mol. The molecule has 2 aliphatic heterocycles. The molecule has 1 fully saturated rings. The Hall–Kier alpha value is -1.22. The summed E-state index contributed by atoms with van der Waals surface area (Å²) < 4.78 is -0.0433. The van der Waals surface area contributed by atoms with Crippen LogP contribution >= 0.6 is 23.4 Å². The fraction of sp³-hybridized carbons (Fsp3) is 0.391. The predicted octanol–water partition coefficient (Wildman–Crippen LogP) is 6.46. The van der Waals surface area contributed by atoms with Crippen LogP contribution < -0.4 is 0 Å². The van der Waals surface area contributed by atoms with Gasteiger partial charge < -0.3 is 4.90 Å². The molecule has 1 atom stereocenters. The van der Waals surface area contributed by atoms with Crippen molar-refractivity contribution in [3.8, 4) is 0 Å². The monoisotopic (exact) mass is 383 g/mol. The Balaban J connectivity index is 1.91. The molecule has 1 nitrogen and oxygen atoms in total. The van der Waals surface area contributed by atoms with Crippen LogP contribution in [0.25, 0.3) is 5.57 Å². The Morgan fingerprint density at radius 1 is 1.00 bits per heavy atom. The van der Waals surface area contributed by atoms with Crippen LogP contribution in [-0.2, 0) is 4.75 Å². The largest absolute Gasteiger partial charge is 0.306 e. The Labute approximate surface area is 166 Å². The maximum absolute atomic E-state index is 6.17. The number of piperidine rings is 1. The highest BCUT2D eigenvalue weighted by atomic mass is 35.5. The van der Waals surface area contributed by atoms with Crippen LogP contribution in [-0.4, -0.2) is 25.0 Å². The van der Waals surface area contributed by atoms with Crippen molar-refractivity contribution in [2.45, 2.75) is 43.3 Å². The van der Waals surface area contributed by atoms with Crippen LogP contribution in [0, 0.1) is 13.8 Å². The van der Waals surface area contributed by atoms with Gasteiger partial charge in [-0.2, -0.15) is 0 Å². The molecule has 0 N–H and O–H groups in total. The van der Waals surface area contributed by atoms with E-state index in [-0.39, 0.29) is 4.75 Å². The number of nitrogens with zero attached hydrogens (tertiary/aromatic N) is 1. The molecule has 1 unspecified atom stereocenters. The van der Waals surface area contributed by atoms with Gasteiger partial charge in [-0.1, -0.05) is 35.4 Å². The van der Waals surface area contributed by atoms with Crippen LogP contribution in [0.4, 0.5) is 0 Å². The second kappa shape index (κ2) is 6.74. The lowest BCUT2D eigenvalue weighted by Gasteiger charge is -2.32. The summed E-state index contributed by atoms with van der Waals surface area (Å²) >= 11 is 8.18. The number of hydrogen-bond donors (Lipinski definition) is 0. The zero-order chi connectivity index (χ0) is 18.5. The third-order valence-electron chi connectivity index (χ3n) is 6.00. The predicted molar refractivity (Wildman–Crippen MR) is 114 cm³/mol. The zero-order valence-corrected chi connectivity index (χ0v) is 17.6. The van der Waals surface area contributed by atoms with Gasteiger partial charge in [-0.25, -0.2) is 0 Å². The molecule has 0 aliphatic carbocycles.